The third-order valence-electron chi connectivity index (χ3n) is 6.20. The first-order valence-electron chi connectivity index (χ1n) is 10.6. The maximum Gasteiger partial charge on any atom is 0.315 e. The average Bonchev–Trinajstić information content (AvgIpc) is 3.26. The lowest BCUT2D eigenvalue weighted by atomic mass is 9.85. The van der Waals surface area contributed by atoms with Crippen LogP contribution in [0.15, 0.2) is 24.5 Å². The molecule has 0 unspecified atom stereocenters. The maximum absolute atomic E-state index is 12.1. The third kappa shape index (κ3) is 2.91. The number of benzene rings is 1. The Balaban J connectivity index is 1.43. The van der Waals surface area contributed by atoms with Gasteiger partial charge in [0.2, 0.25) is 0 Å². The first-order chi connectivity index (χ1) is 14.8. The summed E-state index contributed by atoms with van der Waals surface area (Å²) in [5.41, 5.74) is 7.52. The number of carbonyl (C=O) groups is 1. The summed E-state index contributed by atoms with van der Waals surface area (Å²) in [4.78, 5) is 17.1. The molecule has 30 heavy (non-hydrogen) atoms. The summed E-state index contributed by atoms with van der Waals surface area (Å²) < 4.78 is 0. The second-order valence-corrected chi connectivity index (χ2v) is 8.28. The number of aromatic nitrogens is 5. The summed E-state index contributed by atoms with van der Waals surface area (Å²) in [6.45, 7) is 0.392. The van der Waals surface area contributed by atoms with E-state index >= 15 is 0 Å². The van der Waals surface area contributed by atoms with Crippen LogP contribution in [0.4, 0.5) is 4.79 Å². The van der Waals surface area contributed by atoms with Gasteiger partial charge in [0.05, 0.1) is 41.4 Å². The molecule has 0 aliphatic heterocycles. The first-order valence-corrected chi connectivity index (χ1v) is 10.6. The molecule has 4 aromatic rings. The largest absolute Gasteiger partial charge is 0.335 e. The van der Waals surface area contributed by atoms with Crippen LogP contribution in [0.2, 0.25) is 0 Å². The number of hydrogen-bond donors (Lipinski definition) is 4. The van der Waals surface area contributed by atoms with Crippen LogP contribution in [-0.4, -0.2) is 37.5 Å². The number of fused-ring (bicyclic) bond motifs is 5. The van der Waals surface area contributed by atoms with Crippen LogP contribution in [-0.2, 0) is 19.4 Å². The van der Waals surface area contributed by atoms with Gasteiger partial charge in [0, 0.05) is 22.4 Å². The Morgan fingerprint density at radius 3 is 2.77 bits per heavy atom. The number of nitrogens with zero attached hydrogens (tertiary/aromatic N) is 3. The summed E-state index contributed by atoms with van der Waals surface area (Å²) in [6.07, 6.45) is 10.3. The molecule has 0 spiro atoms. The predicted molar refractivity (Wildman–Crippen MR) is 114 cm³/mol. The van der Waals surface area contributed by atoms with Gasteiger partial charge >= 0.3 is 6.03 Å². The minimum Gasteiger partial charge on any atom is -0.335 e. The minimum atomic E-state index is -0.131. The summed E-state index contributed by atoms with van der Waals surface area (Å²) >= 11 is 0. The molecule has 1 aromatic carbocycles. The van der Waals surface area contributed by atoms with E-state index in [4.69, 9.17) is 4.98 Å². The SMILES string of the molecule is O=C(NCc1[nH]ncc1-c1nc2ccc3[nH]ncc3c2c2c1CCCC2)NC1CC1. The summed E-state index contributed by atoms with van der Waals surface area (Å²) in [6, 6.07) is 4.31. The molecule has 1 saturated carbocycles. The number of rotatable bonds is 4. The van der Waals surface area contributed by atoms with E-state index in [-0.39, 0.29) is 6.03 Å². The van der Waals surface area contributed by atoms with E-state index in [0.717, 1.165) is 65.5 Å². The molecule has 4 N–H and O–H groups in total. The second-order valence-electron chi connectivity index (χ2n) is 8.28. The van der Waals surface area contributed by atoms with Gasteiger partial charge in [-0.2, -0.15) is 10.2 Å². The van der Waals surface area contributed by atoms with E-state index in [2.05, 4.69) is 37.1 Å². The van der Waals surface area contributed by atoms with Crippen LogP contribution < -0.4 is 10.6 Å². The number of nitrogens with one attached hydrogen (secondary N) is 4. The number of aromatic amines is 2. The van der Waals surface area contributed by atoms with E-state index in [1.807, 2.05) is 18.5 Å². The van der Waals surface area contributed by atoms with E-state index in [0.29, 0.717) is 12.6 Å². The van der Waals surface area contributed by atoms with Gasteiger partial charge in [-0.25, -0.2) is 9.78 Å². The Labute approximate surface area is 172 Å². The number of amides is 2. The summed E-state index contributed by atoms with van der Waals surface area (Å²) in [5.74, 6) is 0. The highest BCUT2D eigenvalue weighted by molar-refractivity contribution is 6.07. The van der Waals surface area contributed by atoms with Crippen LogP contribution in [0.3, 0.4) is 0 Å². The van der Waals surface area contributed by atoms with Crippen molar-refractivity contribution in [3.8, 4) is 11.3 Å². The molecule has 0 bridgehead atoms. The van der Waals surface area contributed by atoms with Crippen LogP contribution >= 0.6 is 0 Å². The van der Waals surface area contributed by atoms with Crippen LogP contribution in [0.5, 0.6) is 0 Å². The molecule has 0 radical (unpaired) electrons. The highest BCUT2D eigenvalue weighted by atomic mass is 16.2. The molecule has 8 heteroatoms. The fourth-order valence-electron chi connectivity index (χ4n) is 4.55. The Kier molecular flexibility index (Phi) is 3.97. The van der Waals surface area contributed by atoms with Crippen molar-refractivity contribution in [1.29, 1.82) is 0 Å². The Morgan fingerprint density at radius 2 is 1.90 bits per heavy atom. The van der Waals surface area contributed by atoms with Gasteiger partial charge in [0.15, 0.2) is 0 Å². The zero-order valence-corrected chi connectivity index (χ0v) is 16.6. The molecular formula is C22H23N7O. The van der Waals surface area contributed by atoms with Crippen molar-refractivity contribution in [3.63, 3.8) is 0 Å². The molecule has 8 nitrogen and oxygen atoms in total. The molecule has 3 aromatic heterocycles. The highest BCUT2D eigenvalue weighted by Crippen LogP contribution is 2.38. The fourth-order valence-corrected chi connectivity index (χ4v) is 4.55. The summed E-state index contributed by atoms with van der Waals surface area (Å²) in [5, 5.41) is 22.9. The molecule has 0 atom stereocenters. The number of urea groups is 1. The van der Waals surface area contributed by atoms with Crippen molar-refractivity contribution >= 4 is 27.8 Å². The zero-order chi connectivity index (χ0) is 20.1. The Bertz CT molecular complexity index is 1270. The number of pyridine rings is 1. The van der Waals surface area contributed by atoms with E-state index < -0.39 is 0 Å². The number of carbonyl (C=O) groups excluding carboxylic acids is 1. The van der Waals surface area contributed by atoms with Crippen LogP contribution in [0, 0.1) is 0 Å². The molecule has 2 aliphatic carbocycles. The van der Waals surface area contributed by atoms with Crippen LogP contribution in [0.25, 0.3) is 33.1 Å². The lowest BCUT2D eigenvalue weighted by Gasteiger charge is -2.21. The molecule has 1 fully saturated rings. The lowest BCUT2D eigenvalue weighted by molar-refractivity contribution is 0.240. The quantitative estimate of drug-likeness (QED) is 0.420. The first kappa shape index (κ1) is 17.4. The van der Waals surface area contributed by atoms with Gasteiger partial charge in [-0.1, -0.05) is 0 Å². The second kappa shape index (κ2) is 6.83. The molecule has 2 aliphatic rings. The van der Waals surface area contributed by atoms with E-state index in [9.17, 15) is 4.79 Å². The zero-order valence-electron chi connectivity index (χ0n) is 16.6. The number of H-pyrrole nitrogens is 2. The third-order valence-corrected chi connectivity index (χ3v) is 6.20. The standard InChI is InChI=1S/C22H23N7O/c30-22(26-12-5-6-12)23-11-19-16(10-25-29-19)21-14-4-2-1-3-13(14)20-15-9-24-28-17(15)7-8-18(20)27-21/h7-10,12H,1-6,11H2,(H,24,28)(H,25,29)(H2,23,26,30). The fraction of sp³-hybridized carbons (Fsp3) is 0.364. The molecule has 6 rings (SSSR count). The van der Waals surface area contributed by atoms with Gasteiger partial charge in [0.1, 0.15) is 0 Å². The van der Waals surface area contributed by atoms with Gasteiger partial charge in [0.25, 0.3) is 0 Å². The maximum atomic E-state index is 12.1. The van der Waals surface area contributed by atoms with Gasteiger partial charge in [-0.05, 0) is 61.8 Å². The van der Waals surface area contributed by atoms with Crippen molar-refractivity contribution < 1.29 is 4.79 Å². The predicted octanol–water partition coefficient (Wildman–Crippen LogP) is 3.34. The smallest absolute Gasteiger partial charge is 0.315 e. The van der Waals surface area contributed by atoms with Gasteiger partial charge in [-0.3, -0.25) is 10.2 Å². The molecule has 0 saturated heterocycles. The van der Waals surface area contributed by atoms with Gasteiger partial charge in [-0.15, -0.1) is 0 Å². The van der Waals surface area contributed by atoms with Crippen molar-refractivity contribution in [2.75, 3.05) is 0 Å². The van der Waals surface area contributed by atoms with Crippen molar-refractivity contribution in [3.05, 3.63) is 41.3 Å². The Morgan fingerprint density at radius 1 is 1.07 bits per heavy atom. The average molecular weight is 401 g/mol. The van der Waals surface area contributed by atoms with Crippen molar-refractivity contribution in [1.82, 2.24) is 36.0 Å². The lowest BCUT2D eigenvalue weighted by Crippen LogP contribution is -2.36. The van der Waals surface area contributed by atoms with E-state index in [1.54, 1.807) is 0 Å². The molecule has 3 heterocycles. The van der Waals surface area contributed by atoms with Crippen molar-refractivity contribution in [2.45, 2.75) is 51.1 Å². The summed E-state index contributed by atoms with van der Waals surface area (Å²) in [7, 11) is 0. The Hall–Kier alpha value is -3.42. The monoisotopic (exact) mass is 401 g/mol. The topological polar surface area (TPSA) is 111 Å². The molecule has 2 amide bonds. The van der Waals surface area contributed by atoms with Crippen LogP contribution in [0.1, 0.15) is 42.5 Å². The normalized spacial score (nSPS) is 16.0. The highest BCUT2D eigenvalue weighted by Gasteiger charge is 2.25. The van der Waals surface area contributed by atoms with Gasteiger partial charge < -0.3 is 10.6 Å². The van der Waals surface area contributed by atoms with E-state index in [1.165, 1.54) is 22.9 Å². The number of aryl methyl sites for hydroxylation is 1. The van der Waals surface area contributed by atoms with Crippen molar-refractivity contribution in [2.24, 2.45) is 0 Å². The molecular weight excluding hydrogens is 378 g/mol. The molecule has 152 valence electrons. The number of hydrogen-bond acceptors (Lipinski definition) is 4. The minimum absolute atomic E-state index is 0.131.